The van der Waals surface area contributed by atoms with Gasteiger partial charge in [0.15, 0.2) is 0 Å². The molecule has 1 heterocycles. The van der Waals surface area contributed by atoms with Crippen LogP contribution in [-0.4, -0.2) is 29.7 Å². The van der Waals surface area contributed by atoms with Gasteiger partial charge in [0.05, 0.1) is 0 Å². The van der Waals surface area contributed by atoms with Crippen molar-refractivity contribution in [3.8, 4) is 0 Å². The summed E-state index contributed by atoms with van der Waals surface area (Å²) in [5.41, 5.74) is 1.18. The second-order valence-electron chi connectivity index (χ2n) is 7.68. The third kappa shape index (κ3) is 3.03. The number of nitrogens with zero attached hydrogens (tertiary/aromatic N) is 1. The number of hydrogen-bond acceptors (Lipinski definition) is 2. The van der Waals surface area contributed by atoms with E-state index in [1.165, 1.54) is 24.8 Å². The molecule has 1 amide bonds. The number of rotatable bonds is 1. The molecule has 0 radical (unpaired) electrons. The highest BCUT2D eigenvalue weighted by Gasteiger charge is 2.52. The first-order valence-corrected chi connectivity index (χ1v) is 8.82. The van der Waals surface area contributed by atoms with E-state index in [1.807, 2.05) is 25.7 Å². The molecule has 0 aromatic heterocycles. The summed E-state index contributed by atoms with van der Waals surface area (Å²) in [6.07, 6.45) is 3.54. The minimum Gasteiger partial charge on any atom is -0.444 e. The molecule has 3 nitrogen and oxygen atoms in total. The molecule has 0 N–H and O–H groups in total. The Morgan fingerprint density at radius 2 is 1.91 bits per heavy atom. The van der Waals surface area contributed by atoms with Crippen LogP contribution in [0, 0.1) is 5.41 Å². The fourth-order valence-electron chi connectivity index (χ4n) is 3.73. The van der Waals surface area contributed by atoms with Gasteiger partial charge in [0.2, 0.25) is 0 Å². The zero-order valence-corrected chi connectivity index (χ0v) is 15.1. The van der Waals surface area contributed by atoms with Crippen LogP contribution >= 0.6 is 15.9 Å². The number of ether oxygens (including phenoxy) is 1. The van der Waals surface area contributed by atoms with Crippen LogP contribution in [0.5, 0.6) is 0 Å². The van der Waals surface area contributed by atoms with Gasteiger partial charge < -0.3 is 9.64 Å². The van der Waals surface area contributed by atoms with Gasteiger partial charge in [0.1, 0.15) is 5.60 Å². The Bertz CT molecular complexity index is 557. The van der Waals surface area contributed by atoms with E-state index in [2.05, 4.69) is 40.2 Å². The quantitative estimate of drug-likeness (QED) is 0.704. The summed E-state index contributed by atoms with van der Waals surface area (Å²) in [5.74, 6) is 0.432. The van der Waals surface area contributed by atoms with Gasteiger partial charge in [-0.25, -0.2) is 4.79 Å². The first kappa shape index (κ1) is 15.9. The molecule has 1 saturated heterocycles. The van der Waals surface area contributed by atoms with Crippen LogP contribution < -0.4 is 0 Å². The van der Waals surface area contributed by atoms with E-state index < -0.39 is 5.60 Å². The fraction of sp³-hybridized carbons (Fsp3) is 0.611. The van der Waals surface area contributed by atoms with Crippen molar-refractivity contribution < 1.29 is 9.53 Å². The van der Waals surface area contributed by atoms with E-state index in [-0.39, 0.29) is 11.5 Å². The Morgan fingerprint density at radius 1 is 1.27 bits per heavy atom. The van der Waals surface area contributed by atoms with E-state index in [1.54, 1.807) is 0 Å². The average Bonchev–Trinajstić information content (AvgIpc) is 2.78. The lowest BCUT2D eigenvalue weighted by molar-refractivity contribution is 0.0244. The molecule has 22 heavy (non-hydrogen) atoms. The largest absolute Gasteiger partial charge is 0.444 e. The van der Waals surface area contributed by atoms with Crippen LogP contribution in [0.2, 0.25) is 0 Å². The Labute approximate surface area is 141 Å². The van der Waals surface area contributed by atoms with Crippen molar-refractivity contribution >= 4 is 22.0 Å². The van der Waals surface area contributed by atoms with Gasteiger partial charge in [0, 0.05) is 23.5 Å². The van der Waals surface area contributed by atoms with E-state index in [0.29, 0.717) is 5.92 Å². The van der Waals surface area contributed by atoms with Crippen molar-refractivity contribution in [2.24, 2.45) is 5.41 Å². The molecular weight excluding hydrogens is 342 g/mol. The minimum atomic E-state index is -0.431. The molecule has 1 aromatic carbocycles. The maximum absolute atomic E-state index is 12.4. The standard InChI is InChI=1S/C18H24BrNO2/c1-17(2,3)22-16(21)20-11-15(18(12-20)9-4-10-18)13-5-7-14(19)8-6-13/h5-8,15H,4,9-12H2,1-3H3. The summed E-state index contributed by atoms with van der Waals surface area (Å²) in [7, 11) is 0. The molecule has 0 bridgehead atoms. The Hall–Kier alpha value is -1.03. The normalized spacial score (nSPS) is 23.5. The summed E-state index contributed by atoms with van der Waals surface area (Å²) in [5, 5.41) is 0. The molecule has 2 aliphatic rings. The Balaban J connectivity index is 1.79. The number of halogens is 1. The van der Waals surface area contributed by atoms with Crippen LogP contribution in [0.25, 0.3) is 0 Å². The van der Waals surface area contributed by atoms with Crippen molar-refractivity contribution in [2.45, 2.75) is 51.6 Å². The molecule has 1 saturated carbocycles. The van der Waals surface area contributed by atoms with Crippen LogP contribution in [-0.2, 0) is 4.74 Å². The summed E-state index contributed by atoms with van der Waals surface area (Å²) < 4.78 is 6.66. The van der Waals surface area contributed by atoms with Crippen molar-refractivity contribution in [1.82, 2.24) is 4.90 Å². The third-order valence-electron chi connectivity index (χ3n) is 4.92. The number of carbonyl (C=O) groups is 1. The van der Waals surface area contributed by atoms with Gasteiger partial charge in [0.25, 0.3) is 0 Å². The monoisotopic (exact) mass is 365 g/mol. The minimum absolute atomic E-state index is 0.168. The summed E-state index contributed by atoms with van der Waals surface area (Å²) in [4.78, 5) is 14.3. The number of carbonyl (C=O) groups excluding carboxylic acids is 1. The molecule has 2 fully saturated rings. The predicted octanol–water partition coefficient (Wildman–Crippen LogP) is 4.95. The molecule has 1 unspecified atom stereocenters. The van der Waals surface area contributed by atoms with Gasteiger partial charge in [-0.2, -0.15) is 0 Å². The van der Waals surface area contributed by atoms with Crippen LogP contribution in [0.3, 0.4) is 0 Å². The van der Waals surface area contributed by atoms with Crippen molar-refractivity contribution in [1.29, 1.82) is 0 Å². The number of hydrogen-bond donors (Lipinski definition) is 0. The zero-order chi connectivity index (χ0) is 16.0. The summed E-state index contributed by atoms with van der Waals surface area (Å²) in [6.45, 7) is 7.38. The number of benzene rings is 1. The number of likely N-dealkylation sites (tertiary alicyclic amines) is 1. The maximum Gasteiger partial charge on any atom is 0.410 e. The average molecular weight is 366 g/mol. The molecule has 1 spiro atoms. The van der Waals surface area contributed by atoms with Crippen molar-refractivity contribution in [2.75, 3.05) is 13.1 Å². The second kappa shape index (κ2) is 5.55. The topological polar surface area (TPSA) is 29.5 Å². The first-order chi connectivity index (χ1) is 10.3. The molecule has 1 aliphatic carbocycles. The maximum atomic E-state index is 12.4. The predicted molar refractivity (Wildman–Crippen MR) is 91.0 cm³/mol. The SMILES string of the molecule is CC(C)(C)OC(=O)N1CC(c2ccc(Br)cc2)C2(CCC2)C1. The highest BCUT2D eigenvalue weighted by atomic mass is 79.9. The van der Waals surface area contributed by atoms with Crippen LogP contribution in [0.4, 0.5) is 4.79 Å². The molecule has 4 heteroatoms. The number of amides is 1. The van der Waals surface area contributed by atoms with E-state index in [4.69, 9.17) is 4.74 Å². The molecular formula is C18H24BrNO2. The van der Waals surface area contributed by atoms with Gasteiger partial charge >= 0.3 is 6.09 Å². The molecule has 1 atom stereocenters. The molecule has 1 aliphatic heterocycles. The Morgan fingerprint density at radius 3 is 2.41 bits per heavy atom. The van der Waals surface area contributed by atoms with E-state index in [0.717, 1.165) is 17.6 Å². The third-order valence-corrected chi connectivity index (χ3v) is 5.45. The van der Waals surface area contributed by atoms with Gasteiger partial charge in [-0.1, -0.05) is 34.5 Å². The van der Waals surface area contributed by atoms with Crippen molar-refractivity contribution in [3.05, 3.63) is 34.3 Å². The van der Waals surface area contributed by atoms with Crippen LogP contribution in [0.15, 0.2) is 28.7 Å². The van der Waals surface area contributed by atoms with Gasteiger partial charge in [-0.3, -0.25) is 0 Å². The van der Waals surface area contributed by atoms with E-state index in [9.17, 15) is 4.79 Å². The lowest BCUT2D eigenvalue weighted by Crippen LogP contribution is -2.39. The van der Waals surface area contributed by atoms with Gasteiger partial charge in [-0.05, 0) is 56.7 Å². The first-order valence-electron chi connectivity index (χ1n) is 8.03. The van der Waals surface area contributed by atoms with E-state index >= 15 is 0 Å². The molecule has 120 valence electrons. The zero-order valence-electron chi connectivity index (χ0n) is 13.6. The molecule has 3 rings (SSSR count). The lowest BCUT2D eigenvalue weighted by atomic mass is 9.61. The second-order valence-corrected chi connectivity index (χ2v) is 8.60. The fourth-order valence-corrected chi connectivity index (χ4v) is 3.99. The summed E-state index contributed by atoms with van der Waals surface area (Å²) in [6, 6.07) is 8.57. The van der Waals surface area contributed by atoms with Gasteiger partial charge in [-0.15, -0.1) is 0 Å². The smallest absolute Gasteiger partial charge is 0.410 e. The van der Waals surface area contributed by atoms with Crippen LogP contribution in [0.1, 0.15) is 51.5 Å². The lowest BCUT2D eigenvalue weighted by Gasteiger charge is -2.43. The summed E-state index contributed by atoms with van der Waals surface area (Å²) >= 11 is 3.50. The highest BCUT2D eigenvalue weighted by Crippen LogP contribution is 2.55. The Kier molecular flexibility index (Phi) is 4.00. The molecule has 1 aromatic rings. The highest BCUT2D eigenvalue weighted by molar-refractivity contribution is 9.10. The van der Waals surface area contributed by atoms with Crippen molar-refractivity contribution in [3.63, 3.8) is 0 Å².